The van der Waals surface area contributed by atoms with Crippen LogP contribution in [0.25, 0.3) is 6.08 Å². The number of aryl methyl sites for hydroxylation is 1. The zero-order valence-electron chi connectivity index (χ0n) is 16.0. The first-order chi connectivity index (χ1) is 14.0. The SMILES string of the molecule is COC(=O)c1ccccc1NC(=O)/C=C/c1cccc(OCc2csc(C)n2)c1. The molecular formula is C22H20N2O4S. The molecule has 0 radical (unpaired) electrons. The van der Waals surface area contributed by atoms with E-state index in [1.165, 1.54) is 13.2 Å². The lowest BCUT2D eigenvalue weighted by atomic mass is 10.1. The van der Waals surface area contributed by atoms with Gasteiger partial charge in [-0.2, -0.15) is 0 Å². The second kappa shape index (κ2) is 9.66. The molecule has 1 aromatic heterocycles. The Hall–Kier alpha value is -3.45. The van der Waals surface area contributed by atoms with Crippen molar-refractivity contribution in [3.63, 3.8) is 0 Å². The monoisotopic (exact) mass is 408 g/mol. The fourth-order valence-corrected chi connectivity index (χ4v) is 3.16. The lowest BCUT2D eigenvalue weighted by molar-refractivity contribution is -0.111. The van der Waals surface area contributed by atoms with Crippen LogP contribution in [0.15, 0.2) is 60.0 Å². The van der Waals surface area contributed by atoms with Crippen molar-refractivity contribution >= 4 is 35.0 Å². The predicted molar refractivity (Wildman–Crippen MR) is 113 cm³/mol. The normalized spacial score (nSPS) is 10.7. The lowest BCUT2D eigenvalue weighted by Crippen LogP contribution is -2.12. The molecule has 148 valence electrons. The van der Waals surface area contributed by atoms with Crippen LogP contribution in [0, 0.1) is 6.92 Å². The molecule has 0 saturated carbocycles. The Morgan fingerprint density at radius 2 is 2.00 bits per heavy atom. The number of carbonyl (C=O) groups is 2. The van der Waals surface area contributed by atoms with Gasteiger partial charge in [0.25, 0.3) is 0 Å². The van der Waals surface area contributed by atoms with Crippen molar-refractivity contribution in [3.05, 3.63) is 81.8 Å². The summed E-state index contributed by atoms with van der Waals surface area (Å²) in [5.41, 5.74) is 2.39. The molecule has 0 atom stereocenters. The summed E-state index contributed by atoms with van der Waals surface area (Å²) < 4.78 is 10.5. The summed E-state index contributed by atoms with van der Waals surface area (Å²) >= 11 is 1.58. The molecule has 3 rings (SSSR count). The van der Waals surface area contributed by atoms with E-state index in [0.717, 1.165) is 16.3 Å². The highest BCUT2D eigenvalue weighted by atomic mass is 32.1. The maximum atomic E-state index is 12.3. The van der Waals surface area contributed by atoms with Crippen molar-refractivity contribution in [2.75, 3.05) is 12.4 Å². The van der Waals surface area contributed by atoms with Crippen LogP contribution in [-0.4, -0.2) is 24.0 Å². The van der Waals surface area contributed by atoms with E-state index in [4.69, 9.17) is 9.47 Å². The molecule has 1 amide bonds. The maximum Gasteiger partial charge on any atom is 0.339 e. The third-order valence-corrected chi connectivity index (χ3v) is 4.75. The summed E-state index contributed by atoms with van der Waals surface area (Å²) in [5.74, 6) is -0.176. The zero-order chi connectivity index (χ0) is 20.6. The number of hydrogen-bond donors (Lipinski definition) is 1. The molecule has 0 aliphatic heterocycles. The van der Waals surface area contributed by atoms with E-state index in [1.54, 1.807) is 41.7 Å². The van der Waals surface area contributed by atoms with Gasteiger partial charge in [0.15, 0.2) is 0 Å². The Morgan fingerprint density at radius 3 is 2.76 bits per heavy atom. The number of methoxy groups -OCH3 is 1. The fraction of sp³-hybridized carbons (Fsp3) is 0.136. The molecule has 1 heterocycles. The number of para-hydroxylation sites is 1. The minimum absolute atomic E-state index is 0.296. The number of aromatic nitrogens is 1. The second-order valence-electron chi connectivity index (χ2n) is 6.08. The summed E-state index contributed by atoms with van der Waals surface area (Å²) in [6.07, 6.45) is 3.08. The highest BCUT2D eigenvalue weighted by Gasteiger charge is 2.12. The van der Waals surface area contributed by atoms with Crippen LogP contribution < -0.4 is 10.1 Å². The van der Waals surface area contributed by atoms with Gasteiger partial charge in [-0.1, -0.05) is 24.3 Å². The maximum absolute atomic E-state index is 12.3. The van der Waals surface area contributed by atoms with E-state index in [9.17, 15) is 9.59 Å². The van der Waals surface area contributed by atoms with Crippen LogP contribution >= 0.6 is 11.3 Å². The zero-order valence-corrected chi connectivity index (χ0v) is 16.9. The molecule has 6 nitrogen and oxygen atoms in total. The van der Waals surface area contributed by atoms with E-state index in [2.05, 4.69) is 10.3 Å². The van der Waals surface area contributed by atoms with E-state index < -0.39 is 5.97 Å². The second-order valence-corrected chi connectivity index (χ2v) is 7.14. The van der Waals surface area contributed by atoms with Crippen molar-refractivity contribution in [2.45, 2.75) is 13.5 Å². The number of esters is 1. The van der Waals surface area contributed by atoms with E-state index in [0.29, 0.717) is 23.6 Å². The van der Waals surface area contributed by atoms with Gasteiger partial charge < -0.3 is 14.8 Å². The molecule has 0 bridgehead atoms. The number of nitrogens with zero attached hydrogens (tertiary/aromatic N) is 1. The smallest absolute Gasteiger partial charge is 0.339 e. The van der Waals surface area contributed by atoms with E-state index >= 15 is 0 Å². The molecule has 0 aliphatic rings. The van der Waals surface area contributed by atoms with Crippen molar-refractivity contribution in [3.8, 4) is 5.75 Å². The summed E-state index contributed by atoms with van der Waals surface area (Å²) in [6.45, 7) is 2.34. The summed E-state index contributed by atoms with van der Waals surface area (Å²) in [6, 6.07) is 14.1. The van der Waals surface area contributed by atoms with Gasteiger partial charge >= 0.3 is 5.97 Å². The molecule has 0 fully saturated rings. The average molecular weight is 408 g/mol. The quantitative estimate of drug-likeness (QED) is 0.461. The van der Waals surface area contributed by atoms with Crippen molar-refractivity contribution < 1.29 is 19.1 Å². The number of amides is 1. The summed E-state index contributed by atoms with van der Waals surface area (Å²) in [7, 11) is 1.30. The molecule has 1 N–H and O–H groups in total. The Balaban J connectivity index is 1.62. The molecule has 0 spiro atoms. The van der Waals surface area contributed by atoms with Gasteiger partial charge in [-0.05, 0) is 42.8 Å². The Labute approximate surface area is 172 Å². The van der Waals surface area contributed by atoms with Gasteiger partial charge in [0.1, 0.15) is 12.4 Å². The van der Waals surface area contributed by atoms with Crippen LogP contribution in [-0.2, 0) is 16.1 Å². The Morgan fingerprint density at radius 1 is 1.17 bits per heavy atom. The molecule has 0 saturated heterocycles. The predicted octanol–water partition coefficient (Wildman–Crippen LogP) is 4.47. The molecule has 29 heavy (non-hydrogen) atoms. The molecular weight excluding hydrogens is 388 g/mol. The molecule has 7 heteroatoms. The van der Waals surface area contributed by atoms with E-state index in [1.807, 2.05) is 36.6 Å². The number of anilines is 1. The minimum Gasteiger partial charge on any atom is -0.487 e. The van der Waals surface area contributed by atoms with Crippen LogP contribution in [0.2, 0.25) is 0 Å². The molecule has 3 aromatic rings. The van der Waals surface area contributed by atoms with Crippen LogP contribution in [0.3, 0.4) is 0 Å². The third-order valence-electron chi connectivity index (χ3n) is 3.93. The van der Waals surface area contributed by atoms with Gasteiger partial charge in [-0.3, -0.25) is 4.79 Å². The largest absolute Gasteiger partial charge is 0.487 e. The molecule has 0 unspecified atom stereocenters. The molecule has 2 aromatic carbocycles. The van der Waals surface area contributed by atoms with Crippen molar-refractivity contribution in [2.24, 2.45) is 0 Å². The highest BCUT2D eigenvalue weighted by Crippen LogP contribution is 2.18. The van der Waals surface area contributed by atoms with Gasteiger partial charge in [-0.25, -0.2) is 9.78 Å². The Kier molecular flexibility index (Phi) is 6.76. The Bertz CT molecular complexity index is 1040. The topological polar surface area (TPSA) is 77.5 Å². The standard InChI is InChI=1S/C22H20N2O4S/c1-15-23-17(14-29-15)13-28-18-7-5-6-16(12-18)10-11-21(25)24-20-9-4-3-8-19(20)22(26)27-2/h3-12,14H,13H2,1-2H3,(H,24,25)/b11-10+. The average Bonchev–Trinajstić information content (AvgIpc) is 3.16. The van der Waals surface area contributed by atoms with E-state index in [-0.39, 0.29) is 5.91 Å². The van der Waals surface area contributed by atoms with Gasteiger partial charge in [0.05, 0.1) is 29.1 Å². The first-order valence-electron chi connectivity index (χ1n) is 8.85. The number of benzene rings is 2. The number of hydrogen-bond acceptors (Lipinski definition) is 6. The summed E-state index contributed by atoms with van der Waals surface area (Å²) in [5, 5.41) is 5.66. The number of carbonyl (C=O) groups excluding carboxylic acids is 2. The summed E-state index contributed by atoms with van der Waals surface area (Å²) in [4.78, 5) is 28.4. The number of rotatable bonds is 7. The van der Waals surface area contributed by atoms with Gasteiger partial charge in [-0.15, -0.1) is 11.3 Å². The van der Waals surface area contributed by atoms with Crippen LogP contribution in [0.1, 0.15) is 26.6 Å². The minimum atomic E-state index is -0.509. The number of ether oxygens (including phenoxy) is 2. The van der Waals surface area contributed by atoms with Crippen molar-refractivity contribution in [1.29, 1.82) is 0 Å². The number of thiazole rings is 1. The van der Waals surface area contributed by atoms with Crippen LogP contribution in [0.5, 0.6) is 5.75 Å². The third kappa shape index (κ3) is 5.76. The molecule has 0 aliphatic carbocycles. The van der Waals surface area contributed by atoms with Crippen molar-refractivity contribution in [1.82, 2.24) is 4.98 Å². The first kappa shape index (κ1) is 20.3. The first-order valence-corrected chi connectivity index (χ1v) is 9.73. The van der Waals surface area contributed by atoms with Gasteiger partial charge in [0.2, 0.25) is 5.91 Å². The lowest BCUT2D eigenvalue weighted by Gasteiger charge is -2.08. The fourth-order valence-electron chi connectivity index (χ4n) is 2.57. The highest BCUT2D eigenvalue weighted by molar-refractivity contribution is 7.09. The van der Waals surface area contributed by atoms with Crippen LogP contribution in [0.4, 0.5) is 5.69 Å². The number of nitrogens with one attached hydrogen (secondary N) is 1. The van der Waals surface area contributed by atoms with Gasteiger partial charge in [0, 0.05) is 11.5 Å².